The molecule has 2 aliphatic rings. The topological polar surface area (TPSA) is 35.5 Å². The van der Waals surface area contributed by atoms with Crippen molar-refractivity contribution in [3.05, 3.63) is 20.8 Å². The molecule has 3 nitrogen and oxygen atoms in total. The highest BCUT2D eigenvalue weighted by Crippen LogP contribution is 2.46. The average Bonchev–Trinajstić information content (AvgIpc) is 2.79. The summed E-state index contributed by atoms with van der Waals surface area (Å²) >= 11 is 2.34. The molecule has 1 fully saturated rings. The summed E-state index contributed by atoms with van der Waals surface area (Å²) in [6.07, 6.45) is 6.25. The van der Waals surface area contributed by atoms with Gasteiger partial charge in [0.1, 0.15) is 17.1 Å². The Morgan fingerprint density at radius 3 is 2.74 bits per heavy atom. The van der Waals surface area contributed by atoms with Crippen LogP contribution < -0.4 is 9.47 Å². The van der Waals surface area contributed by atoms with E-state index in [1.54, 1.807) is 7.11 Å². The first kappa shape index (κ1) is 13.2. The number of hydrogen-bond donors (Lipinski definition) is 0. The van der Waals surface area contributed by atoms with Gasteiger partial charge in [0.25, 0.3) is 0 Å². The average molecular weight is 372 g/mol. The first-order chi connectivity index (χ1) is 9.22. The number of carbonyl (C=O) groups is 1. The first-order valence-corrected chi connectivity index (χ1v) is 7.86. The molecule has 1 aromatic rings. The summed E-state index contributed by atoms with van der Waals surface area (Å²) in [5.74, 6) is 2.01. The van der Waals surface area contributed by atoms with Crippen LogP contribution in [-0.4, -0.2) is 19.5 Å². The van der Waals surface area contributed by atoms with Gasteiger partial charge >= 0.3 is 0 Å². The number of ether oxygens (including phenoxy) is 2. The number of halogens is 1. The maximum absolute atomic E-state index is 12.0. The van der Waals surface area contributed by atoms with Gasteiger partial charge in [-0.15, -0.1) is 0 Å². The molecule has 1 saturated carbocycles. The van der Waals surface area contributed by atoms with Gasteiger partial charge in [0.05, 0.1) is 7.11 Å². The van der Waals surface area contributed by atoms with E-state index in [0.717, 1.165) is 9.32 Å². The zero-order valence-corrected chi connectivity index (χ0v) is 13.2. The molecule has 0 unspecified atom stereocenters. The Morgan fingerprint density at radius 1 is 1.32 bits per heavy atom. The molecular formula is C15H17IO3. The Labute approximate surface area is 126 Å². The highest BCUT2D eigenvalue weighted by molar-refractivity contribution is 14.1. The number of Topliss-reactive ketones (excluding diaryl/α,β-unsaturated/α-hetero) is 1. The lowest BCUT2D eigenvalue weighted by Crippen LogP contribution is -2.10. The maximum Gasteiger partial charge on any atom is 0.207 e. The van der Waals surface area contributed by atoms with Gasteiger partial charge in [0, 0.05) is 9.13 Å². The van der Waals surface area contributed by atoms with Gasteiger partial charge in [-0.1, -0.05) is 19.3 Å². The lowest BCUT2D eigenvalue weighted by atomic mass is 9.82. The van der Waals surface area contributed by atoms with E-state index < -0.39 is 0 Å². The SMILES string of the molecule is COc1c2c(cc(I)c1C1CCCCC1)OCC2=O. The second-order valence-corrected chi connectivity index (χ2v) is 6.39. The summed E-state index contributed by atoms with van der Waals surface area (Å²) in [6, 6.07) is 1.99. The second kappa shape index (κ2) is 5.31. The van der Waals surface area contributed by atoms with Crippen LogP contribution in [0.3, 0.4) is 0 Å². The Kier molecular flexibility index (Phi) is 3.69. The number of rotatable bonds is 2. The van der Waals surface area contributed by atoms with Crippen molar-refractivity contribution in [3.8, 4) is 11.5 Å². The lowest BCUT2D eigenvalue weighted by Gasteiger charge is -2.25. The molecule has 0 spiro atoms. The summed E-state index contributed by atoms with van der Waals surface area (Å²) < 4.78 is 12.2. The first-order valence-electron chi connectivity index (χ1n) is 6.78. The zero-order chi connectivity index (χ0) is 13.4. The summed E-state index contributed by atoms with van der Waals surface area (Å²) in [5.41, 5.74) is 1.88. The fourth-order valence-corrected chi connectivity index (χ4v) is 4.17. The summed E-state index contributed by atoms with van der Waals surface area (Å²) in [7, 11) is 1.66. The molecule has 0 atom stereocenters. The Balaban J connectivity index is 2.12. The number of methoxy groups -OCH3 is 1. The highest BCUT2D eigenvalue weighted by atomic mass is 127. The van der Waals surface area contributed by atoms with E-state index in [4.69, 9.17) is 9.47 Å². The molecule has 1 heterocycles. The van der Waals surface area contributed by atoms with Crippen molar-refractivity contribution in [1.29, 1.82) is 0 Å². The van der Waals surface area contributed by atoms with Crippen LogP contribution in [0.1, 0.15) is 53.9 Å². The third-order valence-electron chi connectivity index (χ3n) is 4.09. The van der Waals surface area contributed by atoms with E-state index >= 15 is 0 Å². The van der Waals surface area contributed by atoms with Gasteiger partial charge in [-0.25, -0.2) is 0 Å². The van der Waals surface area contributed by atoms with Crippen LogP contribution in [0.5, 0.6) is 11.5 Å². The van der Waals surface area contributed by atoms with Crippen molar-refractivity contribution in [2.24, 2.45) is 0 Å². The van der Waals surface area contributed by atoms with Crippen LogP contribution in [0.2, 0.25) is 0 Å². The van der Waals surface area contributed by atoms with Crippen molar-refractivity contribution >= 4 is 28.4 Å². The Morgan fingerprint density at radius 2 is 2.05 bits per heavy atom. The van der Waals surface area contributed by atoms with E-state index in [2.05, 4.69) is 22.6 Å². The largest absolute Gasteiger partial charge is 0.496 e. The number of carbonyl (C=O) groups excluding carboxylic acids is 1. The van der Waals surface area contributed by atoms with Crippen LogP contribution >= 0.6 is 22.6 Å². The van der Waals surface area contributed by atoms with Gasteiger partial charge < -0.3 is 9.47 Å². The molecule has 102 valence electrons. The molecule has 0 radical (unpaired) electrons. The molecule has 1 aliphatic carbocycles. The van der Waals surface area contributed by atoms with Crippen molar-refractivity contribution in [3.63, 3.8) is 0 Å². The number of ketones is 1. The van der Waals surface area contributed by atoms with Gasteiger partial charge in [-0.3, -0.25) is 4.79 Å². The maximum atomic E-state index is 12.0. The molecule has 0 saturated heterocycles. The minimum Gasteiger partial charge on any atom is -0.496 e. The van der Waals surface area contributed by atoms with Crippen molar-refractivity contribution in [1.82, 2.24) is 0 Å². The minimum atomic E-state index is 0.0420. The summed E-state index contributed by atoms with van der Waals surface area (Å²) in [4.78, 5) is 12.0. The third-order valence-corrected chi connectivity index (χ3v) is 4.98. The molecular weight excluding hydrogens is 355 g/mol. The van der Waals surface area contributed by atoms with E-state index in [-0.39, 0.29) is 12.4 Å². The minimum absolute atomic E-state index is 0.0420. The predicted octanol–water partition coefficient (Wildman–Crippen LogP) is 3.92. The second-order valence-electron chi connectivity index (χ2n) is 5.23. The number of benzene rings is 1. The van der Waals surface area contributed by atoms with Crippen LogP contribution in [0.15, 0.2) is 6.07 Å². The zero-order valence-electron chi connectivity index (χ0n) is 11.0. The van der Waals surface area contributed by atoms with Crippen LogP contribution in [0.4, 0.5) is 0 Å². The number of fused-ring (bicyclic) bond motifs is 1. The van der Waals surface area contributed by atoms with E-state index in [0.29, 0.717) is 17.2 Å². The van der Waals surface area contributed by atoms with E-state index in [1.807, 2.05) is 6.07 Å². The molecule has 4 heteroatoms. The molecule has 1 aliphatic heterocycles. The Bertz CT molecular complexity index is 519. The van der Waals surface area contributed by atoms with Crippen molar-refractivity contribution in [2.75, 3.05) is 13.7 Å². The van der Waals surface area contributed by atoms with Crippen molar-refractivity contribution < 1.29 is 14.3 Å². The normalized spacial score (nSPS) is 19.2. The molecule has 0 N–H and O–H groups in total. The number of hydrogen-bond acceptors (Lipinski definition) is 3. The van der Waals surface area contributed by atoms with Gasteiger partial charge in [-0.2, -0.15) is 0 Å². The smallest absolute Gasteiger partial charge is 0.207 e. The van der Waals surface area contributed by atoms with Crippen LogP contribution in [-0.2, 0) is 0 Å². The third kappa shape index (κ3) is 2.24. The summed E-state index contributed by atoms with van der Waals surface area (Å²) in [6.45, 7) is 0.149. The molecule has 0 amide bonds. The fraction of sp³-hybridized carbons (Fsp3) is 0.533. The predicted molar refractivity (Wildman–Crippen MR) is 81.4 cm³/mol. The molecule has 0 aromatic heterocycles. The summed E-state index contributed by atoms with van der Waals surface area (Å²) in [5, 5.41) is 0. The van der Waals surface area contributed by atoms with E-state index in [9.17, 15) is 4.79 Å². The standard InChI is InChI=1S/C15H17IO3/c1-18-15-13(9-5-3-2-4-6-9)10(16)7-12-14(15)11(17)8-19-12/h7,9H,2-6,8H2,1H3. The Hall–Kier alpha value is -0.780. The van der Waals surface area contributed by atoms with Crippen LogP contribution in [0.25, 0.3) is 0 Å². The van der Waals surface area contributed by atoms with E-state index in [1.165, 1.54) is 37.7 Å². The van der Waals surface area contributed by atoms with Gasteiger partial charge in [0.2, 0.25) is 5.78 Å². The molecule has 19 heavy (non-hydrogen) atoms. The quantitative estimate of drug-likeness (QED) is 0.739. The van der Waals surface area contributed by atoms with Crippen LogP contribution in [0, 0.1) is 3.57 Å². The van der Waals surface area contributed by atoms with Gasteiger partial charge in [-0.05, 0) is 47.4 Å². The molecule has 0 bridgehead atoms. The highest BCUT2D eigenvalue weighted by Gasteiger charge is 2.32. The molecule has 3 rings (SSSR count). The molecule has 1 aromatic carbocycles. The monoisotopic (exact) mass is 372 g/mol. The van der Waals surface area contributed by atoms with Crippen molar-refractivity contribution in [2.45, 2.75) is 38.0 Å². The lowest BCUT2D eigenvalue weighted by molar-refractivity contribution is 0.0959. The fourth-order valence-electron chi connectivity index (χ4n) is 3.20. The van der Waals surface area contributed by atoms with Gasteiger partial charge in [0.15, 0.2) is 6.61 Å².